The average Bonchev–Trinajstić information content (AvgIpc) is 3.15. The highest BCUT2D eigenvalue weighted by Gasteiger charge is 2.26. The van der Waals surface area contributed by atoms with Gasteiger partial charge in [0.1, 0.15) is 0 Å². The van der Waals surface area contributed by atoms with Crippen molar-refractivity contribution in [3.8, 4) is 0 Å². The lowest BCUT2D eigenvalue weighted by molar-refractivity contribution is 0.0614. The van der Waals surface area contributed by atoms with Crippen molar-refractivity contribution in [2.24, 2.45) is 0 Å². The van der Waals surface area contributed by atoms with Crippen LogP contribution in [-0.4, -0.2) is 26.8 Å². The first kappa shape index (κ1) is 16.2. The molecule has 1 aliphatic rings. The number of benzene rings is 1. The van der Waals surface area contributed by atoms with Crippen LogP contribution in [0.3, 0.4) is 0 Å². The van der Waals surface area contributed by atoms with Gasteiger partial charge in [-0.1, -0.05) is 25.3 Å². The summed E-state index contributed by atoms with van der Waals surface area (Å²) in [6, 6.07) is 10.1. The molecule has 0 atom stereocenters. The van der Waals surface area contributed by atoms with Gasteiger partial charge < -0.3 is 4.90 Å². The van der Waals surface area contributed by atoms with Crippen LogP contribution in [0.15, 0.2) is 48.2 Å². The van der Waals surface area contributed by atoms with Gasteiger partial charge >= 0.3 is 0 Å². The summed E-state index contributed by atoms with van der Waals surface area (Å²) in [5, 5.41) is 0. The zero-order chi connectivity index (χ0) is 17.1. The zero-order valence-electron chi connectivity index (χ0n) is 14.1. The SMILES string of the molecule is O=C(c1ccc2ncsc2c1)N(Cc1cccnc1)C1CCCCC1. The third-order valence-electron chi connectivity index (χ3n) is 4.93. The number of thiazole rings is 1. The van der Waals surface area contributed by atoms with Gasteiger partial charge in [-0.2, -0.15) is 0 Å². The maximum absolute atomic E-state index is 13.3. The van der Waals surface area contributed by atoms with Crippen LogP contribution in [0.2, 0.25) is 0 Å². The van der Waals surface area contributed by atoms with E-state index in [1.807, 2.05) is 42.0 Å². The number of aromatic nitrogens is 2. The van der Waals surface area contributed by atoms with Gasteiger partial charge in [-0.3, -0.25) is 9.78 Å². The largest absolute Gasteiger partial charge is 0.331 e. The molecule has 128 valence electrons. The van der Waals surface area contributed by atoms with Crippen LogP contribution in [0.4, 0.5) is 0 Å². The Hall–Kier alpha value is -2.27. The van der Waals surface area contributed by atoms with E-state index < -0.39 is 0 Å². The number of pyridine rings is 1. The fraction of sp³-hybridized carbons (Fsp3) is 0.350. The average molecular weight is 351 g/mol. The topological polar surface area (TPSA) is 46.1 Å². The van der Waals surface area contributed by atoms with E-state index in [1.165, 1.54) is 19.3 Å². The van der Waals surface area contributed by atoms with Gasteiger partial charge in [-0.15, -0.1) is 11.3 Å². The molecule has 1 aliphatic carbocycles. The number of hydrogen-bond acceptors (Lipinski definition) is 4. The van der Waals surface area contributed by atoms with Crippen molar-refractivity contribution in [1.29, 1.82) is 0 Å². The Kier molecular flexibility index (Phi) is 4.74. The van der Waals surface area contributed by atoms with E-state index in [-0.39, 0.29) is 5.91 Å². The lowest BCUT2D eigenvalue weighted by atomic mass is 9.93. The first-order valence-corrected chi connectivity index (χ1v) is 9.72. The van der Waals surface area contributed by atoms with Gasteiger partial charge in [0.2, 0.25) is 0 Å². The molecule has 1 aromatic carbocycles. The van der Waals surface area contributed by atoms with Crippen molar-refractivity contribution in [2.45, 2.75) is 44.7 Å². The predicted molar refractivity (Wildman–Crippen MR) is 101 cm³/mol. The molecule has 0 unspecified atom stereocenters. The van der Waals surface area contributed by atoms with Crippen molar-refractivity contribution in [3.05, 3.63) is 59.4 Å². The van der Waals surface area contributed by atoms with E-state index in [9.17, 15) is 4.79 Å². The van der Waals surface area contributed by atoms with Crippen molar-refractivity contribution in [3.63, 3.8) is 0 Å². The van der Waals surface area contributed by atoms with Crippen LogP contribution < -0.4 is 0 Å². The first-order chi connectivity index (χ1) is 12.3. The standard InChI is InChI=1S/C20H21N3OS/c24-20(16-8-9-18-19(11-16)25-14-22-18)23(17-6-2-1-3-7-17)13-15-5-4-10-21-12-15/h4-5,8-12,14,17H,1-3,6-7,13H2. The second kappa shape index (κ2) is 7.31. The van der Waals surface area contributed by atoms with E-state index in [1.54, 1.807) is 17.5 Å². The summed E-state index contributed by atoms with van der Waals surface area (Å²) < 4.78 is 1.07. The Balaban J connectivity index is 1.64. The normalized spacial score (nSPS) is 15.4. The Morgan fingerprint density at radius 3 is 2.88 bits per heavy atom. The van der Waals surface area contributed by atoms with Gasteiger partial charge in [0.15, 0.2) is 0 Å². The number of hydrogen-bond donors (Lipinski definition) is 0. The number of fused-ring (bicyclic) bond motifs is 1. The number of rotatable bonds is 4. The minimum absolute atomic E-state index is 0.117. The van der Waals surface area contributed by atoms with E-state index in [0.717, 1.165) is 34.2 Å². The quantitative estimate of drug-likeness (QED) is 0.686. The number of amides is 1. The van der Waals surface area contributed by atoms with Crippen LogP contribution in [-0.2, 0) is 6.54 Å². The number of carbonyl (C=O) groups is 1. The van der Waals surface area contributed by atoms with Gasteiger partial charge in [0.25, 0.3) is 5.91 Å². The number of nitrogens with zero attached hydrogens (tertiary/aromatic N) is 3. The van der Waals surface area contributed by atoms with E-state index in [0.29, 0.717) is 12.6 Å². The molecular formula is C20H21N3OS. The molecule has 25 heavy (non-hydrogen) atoms. The summed E-state index contributed by atoms with van der Waals surface area (Å²) in [7, 11) is 0. The smallest absolute Gasteiger partial charge is 0.254 e. The molecular weight excluding hydrogens is 330 g/mol. The first-order valence-electron chi connectivity index (χ1n) is 8.84. The monoisotopic (exact) mass is 351 g/mol. The molecule has 1 amide bonds. The third kappa shape index (κ3) is 3.56. The van der Waals surface area contributed by atoms with Crippen LogP contribution in [0.25, 0.3) is 10.2 Å². The fourth-order valence-corrected chi connectivity index (χ4v) is 4.32. The molecule has 0 aliphatic heterocycles. The molecule has 3 aromatic rings. The Morgan fingerprint density at radius 1 is 1.20 bits per heavy atom. The lowest BCUT2D eigenvalue weighted by Gasteiger charge is -2.34. The molecule has 2 aromatic heterocycles. The molecule has 1 saturated carbocycles. The molecule has 4 rings (SSSR count). The van der Waals surface area contributed by atoms with E-state index in [4.69, 9.17) is 0 Å². The number of carbonyl (C=O) groups excluding carboxylic acids is 1. The molecule has 0 saturated heterocycles. The Bertz CT molecular complexity index is 856. The Labute approximate surface area is 151 Å². The third-order valence-corrected chi connectivity index (χ3v) is 5.72. The molecule has 0 bridgehead atoms. The Morgan fingerprint density at radius 2 is 2.08 bits per heavy atom. The second-order valence-electron chi connectivity index (χ2n) is 6.62. The summed E-state index contributed by atoms with van der Waals surface area (Å²) in [4.78, 5) is 23.9. The van der Waals surface area contributed by atoms with E-state index >= 15 is 0 Å². The predicted octanol–water partition coefficient (Wildman–Crippen LogP) is 4.67. The summed E-state index contributed by atoms with van der Waals surface area (Å²) in [5.41, 5.74) is 4.62. The minimum Gasteiger partial charge on any atom is -0.331 e. The van der Waals surface area contributed by atoms with Crippen LogP contribution >= 0.6 is 11.3 Å². The molecule has 0 N–H and O–H groups in total. The molecule has 4 nitrogen and oxygen atoms in total. The highest BCUT2D eigenvalue weighted by atomic mass is 32.1. The van der Waals surface area contributed by atoms with Crippen LogP contribution in [0.1, 0.15) is 48.0 Å². The van der Waals surface area contributed by atoms with Gasteiger partial charge in [-0.05, 0) is 42.7 Å². The highest BCUT2D eigenvalue weighted by Crippen LogP contribution is 2.27. The summed E-state index contributed by atoms with van der Waals surface area (Å²) in [6.07, 6.45) is 9.50. The van der Waals surface area contributed by atoms with Gasteiger partial charge in [-0.25, -0.2) is 4.98 Å². The van der Waals surface area contributed by atoms with Crippen molar-refractivity contribution >= 4 is 27.5 Å². The molecule has 0 spiro atoms. The fourth-order valence-electron chi connectivity index (χ4n) is 3.60. The minimum atomic E-state index is 0.117. The van der Waals surface area contributed by atoms with Gasteiger partial charge in [0.05, 0.1) is 15.7 Å². The molecule has 1 fully saturated rings. The molecule has 5 heteroatoms. The zero-order valence-corrected chi connectivity index (χ0v) is 14.9. The highest BCUT2D eigenvalue weighted by molar-refractivity contribution is 7.16. The summed E-state index contributed by atoms with van der Waals surface area (Å²) >= 11 is 1.58. The van der Waals surface area contributed by atoms with E-state index in [2.05, 4.69) is 14.9 Å². The van der Waals surface area contributed by atoms with Crippen molar-refractivity contribution in [2.75, 3.05) is 0 Å². The van der Waals surface area contributed by atoms with Crippen molar-refractivity contribution < 1.29 is 4.79 Å². The second-order valence-corrected chi connectivity index (χ2v) is 7.51. The van der Waals surface area contributed by atoms with Crippen LogP contribution in [0.5, 0.6) is 0 Å². The maximum Gasteiger partial charge on any atom is 0.254 e. The summed E-state index contributed by atoms with van der Waals surface area (Å²) in [5.74, 6) is 0.117. The summed E-state index contributed by atoms with van der Waals surface area (Å²) in [6.45, 7) is 0.623. The van der Waals surface area contributed by atoms with Gasteiger partial charge in [0, 0.05) is 30.5 Å². The molecule has 2 heterocycles. The lowest BCUT2D eigenvalue weighted by Crippen LogP contribution is -2.41. The molecule has 0 radical (unpaired) electrons. The maximum atomic E-state index is 13.3. The van der Waals surface area contributed by atoms with Crippen molar-refractivity contribution in [1.82, 2.24) is 14.9 Å². The van der Waals surface area contributed by atoms with Crippen LogP contribution in [0, 0.1) is 0 Å².